The van der Waals surface area contributed by atoms with Crippen molar-refractivity contribution in [3.8, 4) is 0 Å². The second-order valence-electron chi connectivity index (χ2n) is 5.95. The molecular weight excluding hydrogens is 276 g/mol. The molecule has 3 rings (SSSR count). The van der Waals surface area contributed by atoms with Gasteiger partial charge >= 0.3 is 0 Å². The molecule has 1 amide bonds. The van der Waals surface area contributed by atoms with Crippen LogP contribution in [-0.2, 0) is 0 Å². The molecule has 1 fully saturated rings. The molecule has 0 N–H and O–H groups in total. The maximum Gasteiger partial charge on any atom is 0.257 e. The molecule has 0 saturated carbocycles. The molecular formula is C18H21N2O2. The number of carbonyl (C=O) groups is 1. The van der Waals surface area contributed by atoms with Crippen molar-refractivity contribution in [2.24, 2.45) is 0 Å². The van der Waals surface area contributed by atoms with Gasteiger partial charge in [-0.3, -0.25) is 4.79 Å². The molecule has 1 radical (unpaired) electrons. The molecule has 4 heteroatoms. The Morgan fingerprint density at radius 1 is 1.23 bits per heavy atom. The molecule has 1 aliphatic heterocycles. The van der Waals surface area contributed by atoms with Crippen molar-refractivity contribution in [1.29, 1.82) is 0 Å². The summed E-state index contributed by atoms with van der Waals surface area (Å²) in [6.07, 6.45) is 3.05. The Balaban J connectivity index is 1.64. The van der Waals surface area contributed by atoms with Crippen LogP contribution in [0.15, 0.2) is 41.2 Å². The Morgan fingerprint density at radius 3 is 2.64 bits per heavy atom. The molecule has 1 aromatic heterocycles. The van der Waals surface area contributed by atoms with Gasteiger partial charge in [-0.1, -0.05) is 19.9 Å². The lowest BCUT2D eigenvalue weighted by Crippen LogP contribution is -2.48. The van der Waals surface area contributed by atoms with E-state index in [9.17, 15) is 4.79 Å². The molecule has 4 nitrogen and oxygen atoms in total. The van der Waals surface area contributed by atoms with E-state index in [2.05, 4.69) is 36.9 Å². The summed E-state index contributed by atoms with van der Waals surface area (Å²) in [4.78, 5) is 16.5. The van der Waals surface area contributed by atoms with Gasteiger partial charge in [0.05, 0.1) is 11.8 Å². The van der Waals surface area contributed by atoms with Crippen molar-refractivity contribution in [2.45, 2.75) is 19.8 Å². The lowest BCUT2D eigenvalue weighted by atomic mass is 10.0. The summed E-state index contributed by atoms with van der Waals surface area (Å²) < 4.78 is 4.99. The van der Waals surface area contributed by atoms with Crippen LogP contribution in [0.2, 0.25) is 0 Å². The van der Waals surface area contributed by atoms with Crippen LogP contribution in [0.4, 0.5) is 5.69 Å². The van der Waals surface area contributed by atoms with Gasteiger partial charge in [0.25, 0.3) is 5.91 Å². The van der Waals surface area contributed by atoms with E-state index in [1.165, 1.54) is 23.8 Å². The maximum atomic E-state index is 12.3. The molecule has 1 saturated heterocycles. The minimum absolute atomic E-state index is 0.0534. The zero-order valence-corrected chi connectivity index (χ0v) is 13.1. The predicted octanol–water partition coefficient (Wildman–Crippen LogP) is 3.17. The van der Waals surface area contributed by atoms with Crippen LogP contribution in [-0.4, -0.2) is 37.0 Å². The molecule has 22 heavy (non-hydrogen) atoms. The van der Waals surface area contributed by atoms with E-state index in [0.29, 0.717) is 11.5 Å². The summed E-state index contributed by atoms with van der Waals surface area (Å²) in [6, 6.07) is 11.3. The van der Waals surface area contributed by atoms with Crippen molar-refractivity contribution < 1.29 is 9.21 Å². The Morgan fingerprint density at radius 2 is 2.00 bits per heavy atom. The molecule has 0 unspecified atom stereocenters. The fourth-order valence-electron chi connectivity index (χ4n) is 2.74. The van der Waals surface area contributed by atoms with E-state index >= 15 is 0 Å². The quantitative estimate of drug-likeness (QED) is 0.873. The first-order valence-electron chi connectivity index (χ1n) is 7.73. The minimum Gasteiger partial charge on any atom is -0.472 e. The van der Waals surface area contributed by atoms with Crippen LogP contribution in [0.3, 0.4) is 0 Å². The third kappa shape index (κ3) is 3.01. The van der Waals surface area contributed by atoms with Gasteiger partial charge in [-0.25, -0.2) is 0 Å². The molecule has 1 aromatic carbocycles. The third-order valence-electron chi connectivity index (χ3n) is 4.13. The molecule has 2 heterocycles. The number of rotatable bonds is 3. The smallest absolute Gasteiger partial charge is 0.257 e. The Hall–Kier alpha value is -2.23. The number of hydrogen-bond acceptors (Lipinski definition) is 3. The van der Waals surface area contributed by atoms with Crippen LogP contribution in [0.25, 0.3) is 0 Å². The van der Waals surface area contributed by atoms with Gasteiger partial charge in [0, 0.05) is 31.9 Å². The van der Waals surface area contributed by atoms with E-state index in [4.69, 9.17) is 4.42 Å². The van der Waals surface area contributed by atoms with Gasteiger partial charge in [-0.2, -0.15) is 0 Å². The lowest BCUT2D eigenvalue weighted by Gasteiger charge is -2.36. The zero-order chi connectivity index (χ0) is 15.5. The number of carbonyl (C=O) groups excluding carboxylic acids is 1. The second-order valence-corrected chi connectivity index (χ2v) is 5.95. The largest absolute Gasteiger partial charge is 0.472 e. The van der Waals surface area contributed by atoms with Crippen molar-refractivity contribution >= 4 is 11.6 Å². The van der Waals surface area contributed by atoms with Gasteiger partial charge in [-0.05, 0) is 35.7 Å². The minimum atomic E-state index is 0.0534. The normalized spacial score (nSPS) is 15.4. The van der Waals surface area contributed by atoms with Crippen LogP contribution in [0.1, 0.15) is 35.7 Å². The van der Waals surface area contributed by atoms with Crippen molar-refractivity contribution in [2.75, 3.05) is 31.1 Å². The number of hydrogen-bond donors (Lipinski definition) is 0. The molecule has 1 aliphatic rings. The van der Waals surface area contributed by atoms with E-state index in [-0.39, 0.29) is 5.91 Å². The van der Waals surface area contributed by atoms with Crippen LogP contribution in [0, 0.1) is 6.07 Å². The summed E-state index contributed by atoms with van der Waals surface area (Å²) in [5, 5.41) is 0. The zero-order valence-electron chi connectivity index (χ0n) is 13.1. The summed E-state index contributed by atoms with van der Waals surface area (Å²) >= 11 is 0. The monoisotopic (exact) mass is 297 g/mol. The van der Waals surface area contributed by atoms with Gasteiger partial charge in [0.1, 0.15) is 6.26 Å². The predicted molar refractivity (Wildman–Crippen MR) is 86.2 cm³/mol. The average molecular weight is 297 g/mol. The van der Waals surface area contributed by atoms with Crippen molar-refractivity contribution in [1.82, 2.24) is 4.90 Å². The number of amides is 1. The number of furan rings is 1. The average Bonchev–Trinajstić information content (AvgIpc) is 3.09. The van der Waals surface area contributed by atoms with E-state index in [1.54, 1.807) is 6.07 Å². The molecule has 115 valence electrons. The molecule has 0 aliphatic carbocycles. The first-order chi connectivity index (χ1) is 10.6. The third-order valence-corrected chi connectivity index (χ3v) is 4.13. The molecule has 0 spiro atoms. The van der Waals surface area contributed by atoms with E-state index < -0.39 is 0 Å². The molecule has 2 aromatic rings. The number of piperazine rings is 1. The summed E-state index contributed by atoms with van der Waals surface area (Å²) in [5.41, 5.74) is 3.08. The fourth-order valence-corrected chi connectivity index (χ4v) is 2.74. The number of anilines is 1. The molecule has 0 atom stereocenters. The summed E-state index contributed by atoms with van der Waals surface area (Å²) in [5.74, 6) is 0.529. The SMILES string of the molecule is CC(C)c1[c]ccc(N2CCN(C(=O)c3ccoc3)CC2)c1. The van der Waals surface area contributed by atoms with Gasteiger partial charge < -0.3 is 14.2 Å². The van der Waals surface area contributed by atoms with E-state index in [1.807, 2.05) is 11.0 Å². The number of nitrogens with zero attached hydrogens (tertiary/aromatic N) is 2. The second kappa shape index (κ2) is 6.26. The Kier molecular flexibility index (Phi) is 4.18. The molecule has 0 bridgehead atoms. The summed E-state index contributed by atoms with van der Waals surface area (Å²) in [6.45, 7) is 7.53. The van der Waals surface area contributed by atoms with Crippen LogP contribution < -0.4 is 4.90 Å². The first kappa shape index (κ1) is 14.7. The Bertz CT molecular complexity index is 626. The maximum absolute atomic E-state index is 12.3. The van der Waals surface area contributed by atoms with Crippen molar-refractivity contribution in [3.05, 3.63) is 54.0 Å². The van der Waals surface area contributed by atoms with E-state index in [0.717, 1.165) is 26.2 Å². The van der Waals surface area contributed by atoms with Gasteiger partial charge in [-0.15, -0.1) is 0 Å². The van der Waals surface area contributed by atoms with Crippen LogP contribution >= 0.6 is 0 Å². The van der Waals surface area contributed by atoms with Gasteiger partial charge in [0.15, 0.2) is 0 Å². The topological polar surface area (TPSA) is 36.7 Å². The highest BCUT2D eigenvalue weighted by Crippen LogP contribution is 2.22. The highest BCUT2D eigenvalue weighted by atomic mass is 16.3. The lowest BCUT2D eigenvalue weighted by molar-refractivity contribution is 0.0746. The fraction of sp³-hybridized carbons (Fsp3) is 0.389. The number of benzene rings is 1. The van der Waals surface area contributed by atoms with Crippen molar-refractivity contribution in [3.63, 3.8) is 0 Å². The first-order valence-corrected chi connectivity index (χ1v) is 7.73. The summed E-state index contributed by atoms with van der Waals surface area (Å²) in [7, 11) is 0. The van der Waals surface area contributed by atoms with Gasteiger partial charge in [0.2, 0.25) is 0 Å². The standard InChI is InChI=1S/C18H21N2O2/c1-14(2)15-4-3-5-17(12-15)19-7-9-20(10-8-19)18(21)16-6-11-22-13-16/h3,5-6,11-14H,7-10H2,1-2H3. The Labute approximate surface area is 131 Å². The highest BCUT2D eigenvalue weighted by Gasteiger charge is 2.23. The van der Waals surface area contributed by atoms with Crippen LogP contribution in [0.5, 0.6) is 0 Å². The highest BCUT2D eigenvalue weighted by molar-refractivity contribution is 5.94.